The molecule has 0 saturated heterocycles. The topological polar surface area (TPSA) is 111 Å². The number of nitrogens with zero attached hydrogens (tertiary/aromatic N) is 5. The van der Waals surface area contributed by atoms with Crippen LogP contribution in [0.25, 0.3) is 16.9 Å². The number of amides is 1. The lowest BCUT2D eigenvalue weighted by Gasteiger charge is -2.26. The van der Waals surface area contributed by atoms with Crippen molar-refractivity contribution in [2.24, 2.45) is 5.73 Å². The second-order valence-corrected chi connectivity index (χ2v) is 7.46. The molecule has 0 aliphatic heterocycles. The van der Waals surface area contributed by atoms with Crippen molar-refractivity contribution in [3.05, 3.63) is 71.5 Å². The molecule has 3 N–H and O–H groups in total. The number of aromatic nitrogens is 5. The van der Waals surface area contributed by atoms with E-state index in [2.05, 4.69) is 25.3 Å². The molecule has 4 aromatic rings. The number of nitrogens with two attached hydrogens (primary N) is 1. The van der Waals surface area contributed by atoms with Crippen molar-refractivity contribution in [3.63, 3.8) is 0 Å². The van der Waals surface area contributed by atoms with E-state index in [1.807, 2.05) is 13.8 Å². The Morgan fingerprint density at radius 2 is 1.90 bits per heavy atom. The number of hydrogen-bond donors (Lipinski definition) is 2. The third-order valence-electron chi connectivity index (χ3n) is 4.46. The molecular formula is C20H18ClN7O. The third-order valence-corrected chi connectivity index (χ3v) is 4.76. The van der Waals surface area contributed by atoms with E-state index in [0.29, 0.717) is 33.6 Å². The minimum Gasteiger partial charge on any atom is -0.366 e. The van der Waals surface area contributed by atoms with Gasteiger partial charge in [-0.25, -0.2) is 15.0 Å². The van der Waals surface area contributed by atoms with Crippen LogP contribution in [-0.4, -0.2) is 30.2 Å². The molecule has 0 fully saturated rings. The normalized spacial score (nSPS) is 11.6. The highest BCUT2D eigenvalue weighted by Gasteiger charge is 2.25. The summed E-state index contributed by atoms with van der Waals surface area (Å²) < 4.78 is 1.74. The average Bonchev–Trinajstić information content (AvgIpc) is 3.11. The van der Waals surface area contributed by atoms with Crippen molar-refractivity contribution >= 4 is 29.1 Å². The minimum absolute atomic E-state index is 0.410. The second-order valence-electron chi connectivity index (χ2n) is 7.05. The summed E-state index contributed by atoms with van der Waals surface area (Å²) in [4.78, 5) is 29.0. The molecule has 0 saturated carbocycles. The van der Waals surface area contributed by atoms with E-state index in [1.165, 1.54) is 0 Å². The van der Waals surface area contributed by atoms with Gasteiger partial charge >= 0.3 is 0 Å². The molecule has 4 aromatic heterocycles. The SMILES string of the molecule is CC(C)(Nc1ncc(-c2cn3cc(C(N)=O)ccc3n2)cn1)c1ncccc1Cl. The van der Waals surface area contributed by atoms with Gasteiger partial charge in [0.05, 0.1) is 27.5 Å². The van der Waals surface area contributed by atoms with Gasteiger partial charge in [0.25, 0.3) is 0 Å². The fraction of sp³-hybridized carbons (Fsp3) is 0.150. The summed E-state index contributed by atoms with van der Waals surface area (Å²) in [5.41, 5.74) is 8.01. The van der Waals surface area contributed by atoms with Crippen molar-refractivity contribution in [3.8, 4) is 11.3 Å². The number of anilines is 1. The van der Waals surface area contributed by atoms with E-state index in [4.69, 9.17) is 17.3 Å². The van der Waals surface area contributed by atoms with Gasteiger partial charge in [-0.3, -0.25) is 9.78 Å². The summed E-state index contributed by atoms with van der Waals surface area (Å²) in [5, 5.41) is 3.83. The Bertz CT molecular complexity index is 1200. The highest BCUT2D eigenvalue weighted by atomic mass is 35.5. The maximum atomic E-state index is 11.3. The third kappa shape index (κ3) is 3.74. The van der Waals surface area contributed by atoms with E-state index < -0.39 is 11.4 Å². The molecule has 0 aromatic carbocycles. The number of halogens is 1. The summed E-state index contributed by atoms with van der Waals surface area (Å²) in [6, 6.07) is 6.96. The van der Waals surface area contributed by atoms with E-state index in [9.17, 15) is 4.79 Å². The molecule has 0 aliphatic carbocycles. The highest BCUT2D eigenvalue weighted by Crippen LogP contribution is 2.28. The van der Waals surface area contributed by atoms with Crippen LogP contribution in [0.1, 0.15) is 29.9 Å². The monoisotopic (exact) mass is 407 g/mol. The average molecular weight is 408 g/mol. The number of primary amides is 1. The first kappa shape index (κ1) is 18.8. The second kappa shape index (κ2) is 7.14. The van der Waals surface area contributed by atoms with Crippen molar-refractivity contribution in [1.82, 2.24) is 24.3 Å². The molecular weight excluding hydrogens is 390 g/mol. The first-order valence-corrected chi connectivity index (χ1v) is 9.21. The number of carbonyl (C=O) groups excluding carboxylic acids is 1. The summed E-state index contributed by atoms with van der Waals surface area (Å²) in [7, 11) is 0. The van der Waals surface area contributed by atoms with E-state index in [0.717, 1.165) is 5.56 Å². The van der Waals surface area contributed by atoms with Crippen LogP contribution in [-0.2, 0) is 5.54 Å². The van der Waals surface area contributed by atoms with Gasteiger partial charge in [0.1, 0.15) is 5.65 Å². The molecule has 29 heavy (non-hydrogen) atoms. The van der Waals surface area contributed by atoms with Crippen molar-refractivity contribution in [2.45, 2.75) is 19.4 Å². The molecule has 1 amide bonds. The first-order valence-electron chi connectivity index (χ1n) is 8.84. The van der Waals surface area contributed by atoms with E-state index in [-0.39, 0.29) is 0 Å². The molecule has 9 heteroatoms. The van der Waals surface area contributed by atoms with Crippen LogP contribution in [0.2, 0.25) is 5.02 Å². The zero-order valence-corrected chi connectivity index (χ0v) is 16.6. The lowest BCUT2D eigenvalue weighted by molar-refractivity contribution is 0.1000. The van der Waals surface area contributed by atoms with Crippen LogP contribution < -0.4 is 11.1 Å². The van der Waals surface area contributed by atoms with Crippen LogP contribution in [0.5, 0.6) is 0 Å². The minimum atomic E-state index is -0.561. The Morgan fingerprint density at radius 3 is 2.59 bits per heavy atom. The van der Waals surface area contributed by atoms with Crippen molar-refractivity contribution < 1.29 is 4.79 Å². The maximum absolute atomic E-state index is 11.3. The number of imidazole rings is 1. The van der Waals surface area contributed by atoms with E-state index in [1.54, 1.807) is 59.7 Å². The molecule has 0 aliphatic rings. The predicted molar refractivity (Wildman–Crippen MR) is 111 cm³/mol. The number of fused-ring (bicyclic) bond motifs is 1. The summed E-state index contributed by atoms with van der Waals surface area (Å²) >= 11 is 6.27. The molecule has 0 unspecified atom stereocenters. The molecule has 4 rings (SSSR count). The molecule has 0 atom stereocenters. The summed E-state index contributed by atoms with van der Waals surface area (Å²) in [6.45, 7) is 3.91. The van der Waals surface area contributed by atoms with Crippen LogP contribution in [0, 0.1) is 0 Å². The number of nitrogens with one attached hydrogen (secondary N) is 1. The van der Waals surface area contributed by atoms with Gasteiger partial charge in [-0.2, -0.15) is 0 Å². The van der Waals surface area contributed by atoms with Crippen molar-refractivity contribution in [2.75, 3.05) is 5.32 Å². The predicted octanol–water partition coefficient (Wildman–Crippen LogP) is 3.29. The smallest absolute Gasteiger partial charge is 0.250 e. The molecule has 4 heterocycles. The summed E-state index contributed by atoms with van der Waals surface area (Å²) in [6.07, 6.45) is 8.50. The van der Waals surface area contributed by atoms with Gasteiger partial charge in [-0.05, 0) is 38.1 Å². The Balaban J connectivity index is 1.59. The van der Waals surface area contributed by atoms with Crippen LogP contribution >= 0.6 is 11.6 Å². The first-order chi connectivity index (χ1) is 13.8. The summed E-state index contributed by atoms with van der Waals surface area (Å²) in [5.74, 6) is -0.0446. The maximum Gasteiger partial charge on any atom is 0.250 e. The Morgan fingerprint density at radius 1 is 1.14 bits per heavy atom. The fourth-order valence-corrected chi connectivity index (χ4v) is 3.34. The fourth-order valence-electron chi connectivity index (χ4n) is 2.99. The Hall–Kier alpha value is -3.52. The van der Waals surface area contributed by atoms with Crippen LogP contribution in [0.3, 0.4) is 0 Å². The molecule has 0 spiro atoms. The zero-order valence-electron chi connectivity index (χ0n) is 15.8. The number of hydrogen-bond acceptors (Lipinski definition) is 6. The molecule has 146 valence electrons. The zero-order chi connectivity index (χ0) is 20.6. The van der Waals surface area contributed by atoms with Gasteiger partial charge in [0.2, 0.25) is 11.9 Å². The lowest BCUT2D eigenvalue weighted by atomic mass is 10.00. The van der Waals surface area contributed by atoms with Crippen molar-refractivity contribution in [1.29, 1.82) is 0 Å². The number of carbonyl (C=O) groups is 1. The standard InChI is InChI=1S/C20H18ClN7O/c1-20(2,17-14(21)4-3-7-23-17)27-19-24-8-13(9-25-19)15-11-28-10-12(18(22)29)5-6-16(28)26-15/h3-11H,1-2H3,(H2,22,29)(H,24,25,27). The van der Waals surface area contributed by atoms with Crippen LogP contribution in [0.15, 0.2) is 55.2 Å². The Labute approximate surface area is 171 Å². The Kier molecular flexibility index (Phi) is 4.63. The number of pyridine rings is 2. The van der Waals surface area contributed by atoms with Gasteiger partial charge in [0, 0.05) is 36.5 Å². The van der Waals surface area contributed by atoms with Gasteiger partial charge in [-0.1, -0.05) is 11.6 Å². The quantitative estimate of drug-likeness (QED) is 0.525. The molecule has 8 nitrogen and oxygen atoms in total. The largest absolute Gasteiger partial charge is 0.366 e. The van der Waals surface area contributed by atoms with E-state index >= 15 is 0 Å². The van der Waals surface area contributed by atoms with Crippen LogP contribution in [0.4, 0.5) is 5.95 Å². The van der Waals surface area contributed by atoms with Gasteiger partial charge in [0.15, 0.2) is 0 Å². The highest BCUT2D eigenvalue weighted by molar-refractivity contribution is 6.31. The lowest BCUT2D eigenvalue weighted by Crippen LogP contribution is -2.30. The number of rotatable bonds is 5. The molecule has 0 radical (unpaired) electrons. The van der Waals surface area contributed by atoms with Gasteiger partial charge in [-0.15, -0.1) is 0 Å². The van der Waals surface area contributed by atoms with Gasteiger partial charge < -0.3 is 15.5 Å². The molecule has 0 bridgehead atoms.